The summed E-state index contributed by atoms with van der Waals surface area (Å²) in [6.07, 6.45) is 1.07. The molecule has 8 heteroatoms. The highest BCUT2D eigenvalue weighted by molar-refractivity contribution is 5.78. The summed E-state index contributed by atoms with van der Waals surface area (Å²) in [5, 5.41) is 11.4. The van der Waals surface area contributed by atoms with E-state index in [1.54, 1.807) is 17.0 Å². The number of piperazine rings is 1. The van der Waals surface area contributed by atoms with Crippen LogP contribution in [0, 0.1) is 10.1 Å². The van der Waals surface area contributed by atoms with Crippen LogP contribution in [0.1, 0.15) is 31.7 Å². The average molecular weight is 428 g/mol. The smallest absolute Gasteiger partial charge is 0.296 e. The lowest BCUT2D eigenvalue weighted by Crippen LogP contribution is -2.50. The highest BCUT2D eigenvalue weighted by atomic mass is 16.6. The van der Waals surface area contributed by atoms with E-state index in [9.17, 15) is 14.9 Å². The van der Waals surface area contributed by atoms with Gasteiger partial charge in [0.1, 0.15) is 17.2 Å². The van der Waals surface area contributed by atoms with Gasteiger partial charge in [-0.25, -0.2) is 0 Å². The number of amides is 1. The SMILES string of the molecule is CC[C@H](C)c1ccc(OCC(=O)N2CCN(c3ccc(OC)cc3[N+](=O)[O-])CC2)cc1. The molecule has 1 heterocycles. The van der Waals surface area contributed by atoms with Crippen LogP contribution in [0.15, 0.2) is 42.5 Å². The lowest BCUT2D eigenvalue weighted by Gasteiger charge is -2.35. The van der Waals surface area contributed by atoms with Gasteiger partial charge in [0.25, 0.3) is 11.6 Å². The first-order valence-electron chi connectivity index (χ1n) is 10.5. The third kappa shape index (κ3) is 5.45. The van der Waals surface area contributed by atoms with Crippen molar-refractivity contribution < 1.29 is 19.2 Å². The first kappa shape index (κ1) is 22.4. The molecule has 2 aromatic rings. The maximum atomic E-state index is 12.6. The molecule has 1 aliphatic heterocycles. The van der Waals surface area contributed by atoms with Crippen molar-refractivity contribution in [2.75, 3.05) is 44.8 Å². The Bertz CT molecular complexity index is 908. The van der Waals surface area contributed by atoms with Crippen molar-refractivity contribution in [1.29, 1.82) is 0 Å². The lowest BCUT2D eigenvalue weighted by atomic mass is 9.99. The molecule has 0 saturated carbocycles. The van der Waals surface area contributed by atoms with Crippen LogP contribution in [0.4, 0.5) is 11.4 Å². The zero-order chi connectivity index (χ0) is 22.4. The summed E-state index contributed by atoms with van der Waals surface area (Å²) in [4.78, 5) is 27.3. The van der Waals surface area contributed by atoms with Crippen molar-refractivity contribution in [3.63, 3.8) is 0 Å². The summed E-state index contributed by atoms with van der Waals surface area (Å²) in [5.74, 6) is 1.52. The van der Waals surface area contributed by atoms with Crippen LogP contribution in [0.2, 0.25) is 0 Å². The number of carbonyl (C=O) groups is 1. The van der Waals surface area contributed by atoms with Crippen molar-refractivity contribution in [3.8, 4) is 11.5 Å². The Kier molecular flexibility index (Phi) is 7.33. The molecule has 0 N–H and O–H groups in total. The zero-order valence-corrected chi connectivity index (χ0v) is 18.2. The van der Waals surface area contributed by atoms with E-state index in [0.717, 1.165) is 6.42 Å². The maximum Gasteiger partial charge on any atom is 0.296 e. The second-order valence-electron chi connectivity index (χ2n) is 7.65. The van der Waals surface area contributed by atoms with Crippen LogP contribution in [0.3, 0.4) is 0 Å². The number of nitro benzene ring substituents is 1. The van der Waals surface area contributed by atoms with Gasteiger partial charge in [0.05, 0.1) is 18.1 Å². The molecular weight excluding hydrogens is 398 g/mol. The number of anilines is 1. The van der Waals surface area contributed by atoms with Gasteiger partial charge in [0, 0.05) is 26.2 Å². The molecule has 0 spiro atoms. The molecule has 3 rings (SSSR count). The van der Waals surface area contributed by atoms with E-state index < -0.39 is 4.92 Å². The number of ether oxygens (including phenoxy) is 2. The third-order valence-corrected chi connectivity index (χ3v) is 5.78. The molecule has 0 aromatic heterocycles. The van der Waals surface area contributed by atoms with E-state index >= 15 is 0 Å². The summed E-state index contributed by atoms with van der Waals surface area (Å²) in [6.45, 7) is 6.31. The first-order valence-corrected chi connectivity index (χ1v) is 10.5. The van der Waals surface area contributed by atoms with Crippen molar-refractivity contribution in [2.24, 2.45) is 0 Å². The van der Waals surface area contributed by atoms with E-state index in [2.05, 4.69) is 13.8 Å². The molecule has 0 bridgehead atoms. The summed E-state index contributed by atoms with van der Waals surface area (Å²) in [7, 11) is 1.48. The van der Waals surface area contributed by atoms with Gasteiger partial charge in [-0.2, -0.15) is 0 Å². The summed E-state index contributed by atoms with van der Waals surface area (Å²) in [6, 6.07) is 12.7. The molecule has 1 aliphatic rings. The Labute approximate surface area is 182 Å². The van der Waals surface area contributed by atoms with Gasteiger partial charge in [0.2, 0.25) is 0 Å². The largest absolute Gasteiger partial charge is 0.496 e. The number of methoxy groups -OCH3 is 1. The van der Waals surface area contributed by atoms with E-state index in [1.807, 2.05) is 29.2 Å². The lowest BCUT2D eigenvalue weighted by molar-refractivity contribution is -0.384. The third-order valence-electron chi connectivity index (χ3n) is 5.78. The second-order valence-corrected chi connectivity index (χ2v) is 7.65. The summed E-state index contributed by atoms with van der Waals surface area (Å²) in [5.41, 5.74) is 1.80. The molecule has 0 aliphatic carbocycles. The van der Waals surface area contributed by atoms with Crippen LogP contribution in [0.5, 0.6) is 11.5 Å². The van der Waals surface area contributed by atoms with E-state index in [4.69, 9.17) is 9.47 Å². The van der Waals surface area contributed by atoms with E-state index in [1.165, 1.54) is 18.7 Å². The van der Waals surface area contributed by atoms with Gasteiger partial charge >= 0.3 is 0 Å². The maximum absolute atomic E-state index is 12.6. The number of rotatable bonds is 8. The Morgan fingerprint density at radius 2 is 1.74 bits per heavy atom. The van der Waals surface area contributed by atoms with Crippen molar-refractivity contribution in [2.45, 2.75) is 26.2 Å². The molecule has 0 radical (unpaired) electrons. The standard InChI is InChI=1S/C23H29N3O5/c1-4-17(2)18-5-7-19(8-6-18)31-16-23(27)25-13-11-24(12-14-25)21-10-9-20(30-3)15-22(21)26(28)29/h5-10,15,17H,4,11-14,16H2,1-3H3/t17-/m0/s1. The van der Waals surface area contributed by atoms with Crippen molar-refractivity contribution in [3.05, 3.63) is 58.1 Å². The van der Waals surface area contributed by atoms with Crippen LogP contribution in [0.25, 0.3) is 0 Å². The van der Waals surface area contributed by atoms with Crippen molar-refractivity contribution in [1.82, 2.24) is 4.90 Å². The zero-order valence-electron chi connectivity index (χ0n) is 18.2. The quantitative estimate of drug-likeness (QED) is 0.470. The van der Waals surface area contributed by atoms with Gasteiger partial charge in [-0.05, 0) is 42.2 Å². The molecule has 1 atom stereocenters. The molecule has 1 saturated heterocycles. The molecule has 0 unspecified atom stereocenters. The second kappa shape index (κ2) is 10.1. The Morgan fingerprint density at radius 3 is 2.32 bits per heavy atom. The summed E-state index contributed by atoms with van der Waals surface area (Å²) >= 11 is 0. The Balaban J connectivity index is 1.54. The van der Waals surface area contributed by atoms with Gasteiger partial charge in [-0.15, -0.1) is 0 Å². The number of nitrogens with zero attached hydrogens (tertiary/aromatic N) is 3. The fraction of sp³-hybridized carbons (Fsp3) is 0.435. The molecule has 1 amide bonds. The number of hydrogen-bond donors (Lipinski definition) is 0. The van der Waals surface area contributed by atoms with Gasteiger partial charge in [-0.3, -0.25) is 14.9 Å². The van der Waals surface area contributed by atoms with Crippen LogP contribution in [-0.4, -0.2) is 55.6 Å². The predicted molar refractivity (Wildman–Crippen MR) is 119 cm³/mol. The molecule has 2 aromatic carbocycles. The number of hydrogen-bond acceptors (Lipinski definition) is 6. The van der Waals surface area contributed by atoms with E-state index in [0.29, 0.717) is 49.3 Å². The molecule has 1 fully saturated rings. The van der Waals surface area contributed by atoms with Gasteiger partial charge in [-0.1, -0.05) is 26.0 Å². The Morgan fingerprint density at radius 1 is 1.10 bits per heavy atom. The molecular formula is C23H29N3O5. The number of carbonyl (C=O) groups excluding carboxylic acids is 1. The van der Waals surface area contributed by atoms with Crippen LogP contribution >= 0.6 is 0 Å². The van der Waals surface area contributed by atoms with Crippen LogP contribution in [-0.2, 0) is 4.79 Å². The van der Waals surface area contributed by atoms with E-state index in [-0.39, 0.29) is 18.2 Å². The van der Waals surface area contributed by atoms with Gasteiger partial charge in [0.15, 0.2) is 6.61 Å². The van der Waals surface area contributed by atoms with Gasteiger partial charge < -0.3 is 19.3 Å². The molecule has 8 nitrogen and oxygen atoms in total. The normalized spacial score (nSPS) is 14.8. The monoisotopic (exact) mass is 427 g/mol. The fourth-order valence-corrected chi connectivity index (χ4v) is 3.61. The predicted octanol–water partition coefficient (Wildman–Crippen LogP) is 3.84. The highest BCUT2D eigenvalue weighted by Crippen LogP contribution is 2.32. The fourth-order valence-electron chi connectivity index (χ4n) is 3.61. The first-order chi connectivity index (χ1) is 14.9. The minimum absolute atomic E-state index is 0.00305. The topological polar surface area (TPSA) is 85.2 Å². The average Bonchev–Trinajstić information content (AvgIpc) is 2.82. The minimum atomic E-state index is -0.407. The Hall–Kier alpha value is -3.29. The molecule has 166 valence electrons. The van der Waals surface area contributed by atoms with Crippen molar-refractivity contribution >= 4 is 17.3 Å². The number of nitro groups is 1. The van der Waals surface area contributed by atoms with Crippen LogP contribution < -0.4 is 14.4 Å². The minimum Gasteiger partial charge on any atom is -0.496 e. The number of benzene rings is 2. The highest BCUT2D eigenvalue weighted by Gasteiger charge is 2.26. The molecule has 31 heavy (non-hydrogen) atoms. The summed E-state index contributed by atoms with van der Waals surface area (Å²) < 4.78 is 10.8.